The Balaban J connectivity index is 1.93. The number of benzene rings is 1. The number of halogens is 2. The van der Waals surface area contributed by atoms with Crippen molar-refractivity contribution in [3.8, 4) is 5.75 Å². The second kappa shape index (κ2) is 8.07. The molecule has 29 heavy (non-hydrogen) atoms. The standard InChI is InChI=1S/C21H19BClFN2O3/c1-12(24)29-18-7-6-14(23)8-15(18)16-9-20(27)28-11-17-21(16)26-10-13(22)4-2-3-5-19(26)25-17/h3,5-8,10,12,16H,2,4,9,11H2,1H3/b5-3-,13-10+. The quantitative estimate of drug-likeness (QED) is 0.547. The highest BCUT2D eigenvalue weighted by atomic mass is 35.5. The lowest BCUT2D eigenvalue weighted by Crippen LogP contribution is -2.14. The Hall–Kier alpha value is -2.54. The average Bonchev–Trinajstić information content (AvgIpc) is 2.88. The molecule has 0 spiro atoms. The molecule has 2 aliphatic rings. The molecule has 2 unspecified atom stereocenters. The summed E-state index contributed by atoms with van der Waals surface area (Å²) in [4.78, 5) is 17.0. The van der Waals surface area contributed by atoms with E-state index in [1.807, 2.05) is 22.9 Å². The van der Waals surface area contributed by atoms with Gasteiger partial charge in [0.25, 0.3) is 0 Å². The van der Waals surface area contributed by atoms with Crippen LogP contribution in [0.4, 0.5) is 4.39 Å². The fraction of sp³-hybridized carbons (Fsp3) is 0.333. The number of fused-ring (bicyclic) bond motifs is 3. The molecule has 0 aliphatic carbocycles. The monoisotopic (exact) mass is 412 g/mol. The number of carbonyl (C=O) groups is 1. The van der Waals surface area contributed by atoms with Crippen LogP contribution in [0.2, 0.25) is 5.02 Å². The number of hydrogen-bond acceptors (Lipinski definition) is 4. The van der Waals surface area contributed by atoms with Crippen molar-refractivity contribution in [1.29, 1.82) is 0 Å². The van der Waals surface area contributed by atoms with Crippen molar-refractivity contribution in [2.75, 3.05) is 0 Å². The van der Waals surface area contributed by atoms with E-state index in [9.17, 15) is 9.18 Å². The summed E-state index contributed by atoms with van der Waals surface area (Å²) >= 11 is 6.23. The van der Waals surface area contributed by atoms with Gasteiger partial charge < -0.3 is 14.0 Å². The summed E-state index contributed by atoms with van der Waals surface area (Å²) in [6, 6.07) is 4.93. The minimum Gasteiger partial charge on any atom is -0.460 e. The molecule has 2 atom stereocenters. The van der Waals surface area contributed by atoms with Crippen molar-refractivity contribution in [2.24, 2.45) is 0 Å². The number of aromatic nitrogens is 2. The lowest BCUT2D eigenvalue weighted by atomic mass is 9.89. The first-order valence-corrected chi connectivity index (χ1v) is 9.79. The van der Waals surface area contributed by atoms with Gasteiger partial charge in [0.05, 0.1) is 12.1 Å². The van der Waals surface area contributed by atoms with Gasteiger partial charge in [-0.15, -0.1) is 5.47 Å². The molecule has 2 radical (unpaired) electrons. The van der Waals surface area contributed by atoms with Crippen LogP contribution in [0.1, 0.15) is 54.9 Å². The zero-order valence-corrected chi connectivity index (χ0v) is 16.7. The van der Waals surface area contributed by atoms with Gasteiger partial charge in [0, 0.05) is 23.4 Å². The summed E-state index contributed by atoms with van der Waals surface area (Å²) in [7, 11) is 6.17. The van der Waals surface area contributed by atoms with Crippen LogP contribution >= 0.6 is 11.6 Å². The average molecular weight is 413 g/mol. The summed E-state index contributed by atoms with van der Waals surface area (Å²) in [5.74, 6) is 0.165. The van der Waals surface area contributed by atoms with E-state index in [0.29, 0.717) is 39.7 Å². The number of cyclic esters (lactones) is 1. The topological polar surface area (TPSA) is 53.4 Å². The van der Waals surface area contributed by atoms with Crippen molar-refractivity contribution in [3.63, 3.8) is 0 Å². The Labute approximate surface area is 174 Å². The first-order chi connectivity index (χ1) is 13.9. The molecule has 0 amide bonds. The van der Waals surface area contributed by atoms with Gasteiger partial charge in [-0.25, -0.2) is 9.37 Å². The SMILES string of the molecule is [B]/C1=C/n2c(nc3c2C(c2cc(Cl)ccc2OC(C)F)CC(=O)OC3)/C=C\CC1. The molecular formula is C21H19BClFN2O3. The number of imidazole rings is 1. The van der Waals surface area contributed by atoms with Crippen LogP contribution in [0.3, 0.4) is 0 Å². The third-order valence-electron chi connectivity index (χ3n) is 4.92. The third kappa shape index (κ3) is 4.10. The molecule has 3 heterocycles. The highest BCUT2D eigenvalue weighted by Gasteiger charge is 2.33. The Bertz CT molecular complexity index is 1020. The minimum absolute atomic E-state index is 0.0486. The van der Waals surface area contributed by atoms with E-state index in [2.05, 4.69) is 4.98 Å². The lowest BCUT2D eigenvalue weighted by Gasteiger charge is -2.21. The van der Waals surface area contributed by atoms with E-state index in [1.165, 1.54) is 6.92 Å². The van der Waals surface area contributed by atoms with Crippen molar-refractivity contribution >= 4 is 37.7 Å². The molecular weight excluding hydrogens is 394 g/mol. The van der Waals surface area contributed by atoms with Gasteiger partial charge in [0.1, 0.15) is 31.7 Å². The van der Waals surface area contributed by atoms with Crippen molar-refractivity contribution < 1.29 is 18.7 Å². The molecule has 5 nitrogen and oxygen atoms in total. The molecule has 0 saturated heterocycles. The molecule has 0 N–H and O–H groups in total. The van der Waals surface area contributed by atoms with Gasteiger partial charge >= 0.3 is 5.97 Å². The van der Waals surface area contributed by atoms with E-state index < -0.39 is 12.3 Å². The van der Waals surface area contributed by atoms with E-state index in [0.717, 1.165) is 12.1 Å². The first kappa shape index (κ1) is 19.8. The maximum Gasteiger partial charge on any atom is 0.307 e. The smallest absolute Gasteiger partial charge is 0.307 e. The van der Waals surface area contributed by atoms with Gasteiger partial charge in [-0.3, -0.25) is 4.79 Å². The van der Waals surface area contributed by atoms with Crippen LogP contribution in [0.5, 0.6) is 5.75 Å². The molecule has 4 rings (SSSR count). The van der Waals surface area contributed by atoms with E-state index in [4.69, 9.17) is 28.9 Å². The predicted octanol–water partition coefficient (Wildman–Crippen LogP) is 4.58. The Kier molecular flexibility index (Phi) is 5.50. The first-order valence-electron chi connectivity index (χ1n) is 9.42. The summed E-state index contributed by atoms with van der Waals surface area (Å²) < 4.78 is 26.3. The van der Waals surface area contributed by atoms with Gasteiger partial charge in [-0.2, -0.15) is 0 Å². The highest BCUT2D eigenvalue weighted by Crippen LogP contribution is 2.41. The second-order valence-corrected chi connectivity index (χ2v) is 7.51. The van der Waals surface area contributed by atoms with Crippen LogP contribution in [-0.2, 0) is 16.1 Å². The van der Waals surface area contributed by atoms with Crippen LogP contribution in [0.25, 0.3) is 12.3 Å². The van der Waals surface area contributed by atoms with Crippen molar-refractivity contribution in [3.05, 3.63) is 57.5 Å². The third-order valence-corrected chi connectivity index (χ3v) is 5.16. The summed E-state index contributed by atoms with van der Waals surface area (Å²) in [6.45, 7) is 1.36. The highest BCUT2D eigenvalue weighted by molar-refractivity contribution is 6.30. The lowest BCUT2D eigenvalue weighted by molar-refractivity contribution is -0.144. The number of carbonyl (C=O) groups excluding carboxylic acids is 1. The van der Waals surface area contributed by atoms with E-state index in [-0.39, 0.29) is 19.0 Å². The van der Waals surface area contributed by atoms with Gasteiger partial charge in [-0.05, 0) is 43.3 Å². The zero-order valence-electron chi connectivity index (χ0n) is 15.9. The molecule has 0 bridgehead atoms. The summed E-state index contributed by atoms with van der Waals surface area (Å²) in [5, 5.41) is 0.459. The molecule has 0 saturated carbocycles. The normalized spacial score (nSPS) is 22.7. The fourth-order valence-corrected chi connectivity index (χ4v) is 3.89. The van der Waals surface area contributed by atoms with Crippen molar-refractivity contribution in [1.82, 2.24) is 9.55 Å². The molecule has 1 aromatic carbocycles. The number of nitrogens with zero attached hydrogens (tertiary/aromatic N) is 2. The maximum atomic E-state index is 13.7. The second-order valence-electron chi connectivity index (χ2n) is 7.08. The Morgan fingerprint density at radius 1 is 1.45 bits per heavy atom. The fourth-order valence-electron chi connectivity index (χ4n) is 3.71. The number of ether oxygens (including phenoxy) is 2. The number of esters is 1. The summed E-state index contributed by atoms with van der Waals surface area (Å²) in [6.07, 6.45) is 5.83. The molecule has 0 fully saturated rings. The molecule has 8 heteroatoms. The Morgan fingerprint density at radius 3 is 3.07 bits per heavy atom. The zero-order chi connectivity index (χ0) is 20.5. The van der Waals surface area contributed by atoms with Crippen LogP contribution < -0.4 is 4.74 Å². The van der Waals surface area contributed by atoms with Crippen LogP contribution in [-0.4, -0.2) is 29.7 Å². The van der Waals surface area contributed by atoms with Crippen LogP contribution in [0.15, 0.2) is 29.7 Å². The summed E-state index contributed by atoms with van der Waals surface area (Å²) in [5.41, 5.74) is 2.69. The van der Waals surface area contributed by atoms with Gasteiger partial charge in [0.15, 0.2) is 0 Å². The number of rotatable bonds is 3. The minimum atomic E-state index is -1.52. The molecule has 2 aromatic rings. The number of hydrogen-bond donors (Lipinski definition) is 0. The number of allylic oxidation sites excluding steroid dienone is 2. The largest absolute Gasteiger partial charge is 0.460 e. The molecule has 2 aliphatic heterocycles. The predicted molar refractivity (Wildman–Crippen MR) is 109 cm³/mol. The van der Waals surface area contributed by atoms with Crippen LogP contribution in [0, 0.1) is 0 Å². The van der Waals surface area contributed by atoms with Gasteiger partial charge in [-0.1, -0.05) is 17.7 Å². The maximum absolute atomic E-state index is 13.7. The van der Waals surface area contributed by atoms with E-state index >= 15 is 0 Å². The van der Waals surface area contributed by atoms with E-state index in [1.54, 1.807) is 18.2 Å². The Morgan fingerprint density at radius 2 is 2.28 bits per heavy atom. The van der Waals surface area contributed by atoms with Gasteiger partial charge in [0.2, 0.25) is 6.36 Å². The van der Waals surface area contributed by atoms with Crippen molar-refractivity contribution in [2.45, 2.75) is 45.1 Å². The molecule has 1 aromatic heterocycles. The number of alkyl halides is 1. The molecule has 148 valence electrons.